The van der Waals surface area contributed by atoms with Gasteiger partial charge in [0.25, 0.3) is 5.56 Å². The average molecular weight is 691 g/mol. The number of thiazole rings is 1. The van der Waals surface area contributed by atoms with E-state index in [0.717, 1.165) is 22.8 Å². The van der Waals surface area contributed by atoms with E-state index in [4.69, 9.17) is 14.5 Å². The Hall–Kier alpha value is -4.25. The lowest BCUT2D eigenvalue weighted by molar-refractivity contribution is 0.0240. The third kappa shape index (κ3) is 8.23. The number of ether oxygens (including phenoxy) is 2. The van der Waals surface area contributed by atoms with Crippen molar-refractivity contribution in [3.05, 3.63) is 69.7 Å². The Balaban J connectivity index is 1.50. The minimum atomic E-state index is -1.32. The highest BCUT2D eigenvalue weighted by atomic mass is 32.1. The molecule has 0 bridgehead atoms. The summed E-state index contributed by atoms with van der Waals surface area (Å²) in [6.07, 6.45) is 1.46. The van der Waals surface area contributed by atoms with Crippen LogP contribution in [0, 0.1) is 17.1 Å². The Morgan fingerprint density at radius 3 is 2.40 bits per heavy atom. The Bertz CT molecular complexity index is 1880. The van der Waals surface area contributed by atoms with Crippen LogP contribution in [0.25, 0.3) is 22.0 Å². The van der Waals surface area contributed by atoms with Crippen LogP contribution in [0.2, 0.25) is 25.7 Å². The standard InChI is InChI=1S/C35H43FN6O4SSi/c1-35(2,3)46-34(44)41-16-14-40(15-17-41)26-12-13-27-28(20-26)29(22-42(32(27)43)23-45-18-19-48(5,6)7)39(4)33-38-31(30(21-37)47-33)24-8-10-25(36)11-9-24/h8-13,20,22H,14-19,23H2,1-7H3. The smallest absolute Gasteiger partial charge is 0.410 e. The number of rotatable bonds is 9. The monoisotopic (exact) mass is 690 g/mol. The van der Waals surface area contributed by atoms with E-state index in [1.165, 1.54) is 23.5 Å². The van der Waals surface area contributed by atoms with Gasteiger partial charge in [-0.05, 0) is 69.3 Å². The number of carbonyl (C=O) groups is 1. The molecule has 0 N–H and O–H groups in total. The summed E-state index contributed by atoms with van der Waals surface area (Å²) in [7, 11) is 0.542. The van der Waals surface area contributed by atoms with Crippen LogP contribution in [0.4, 0.5) is 25.7 Å². The summed E-state index contributed by atoms with van der Waals surface area (Å²) in [5.74, 6) is -0.368. The number of hydrogen-bond acceptors (Lipinski definition) is 9. The first-order valence-corrected chi connectivity index (χ1v) is 20.5. The van der Waals surface area contributed by atoms with Crippen molar-refractivity contribution < 1.29 is 18.7 Å². The predicted molar refractivity (Wildman–Crippen MR) is 193 cm³/mol. The third-order valence-electron chi connectivity index (χ3n) is 8.06. The van der Waals surface area contributed by atoms with Gasteiger partial charge in [0.2, 0.25) is 0 Å². The van der Waals surface area contributed by atoms with Crippen molar-refractivity contribution in [3.63, 3.8) is 0 Å². The maximum absolute atomic E-state index is 13.8. The number of halogens is 1. The lowest BCUT2D eigenvalue weighted by Crippen LogP contribution is -2.50. The predicted octanol–water partition coefficient (Wildman–Crippen LogP) is 7.27. The van der Waals surface area contributed by atoms with E-state index in [2.05, 4.69) is 30.6 Å². The number of hydrogen-bond donors (Lipinski definition) is 0. The van der Waals surface area contributed by atoms with Crippen LogP contribution in [-0.2, 0) is 16.2 Å². The highest BCUT2D eigenvalue weighted by Gasteiger charge is 2.27. The molecule has 0 atom stereocenters. The molecule has 3 heterocycles. The van der Waals surface area contributed by atoms with E-state index < -0.39 is 13.7 Å². The van der Waals surface area contributed by atoms with E-state index >= 15 is 0 Å². The van der Waals surface area contributed by atoms with Crippen LogP contribution < -0.4 is 15.4 Å². The van der Waals surface area contributed by atoms with Crippen LogP contribution in [0.3, 0.4) is 0 Å². The number of anilines is 3. The second-order valence-corrected chi connectivity index (χ2v) is 20.8. The lowest BCUT2D eigenvalue weighted by Gasteiger charge is -2.37. The normalized spacial score (nSPS) is 13.9. The highest BCUT2D eigenvalue weighted by Crippen LogP contribution is 2.38. The number of carbonyl (C=O) groups excluding carboxylic acids is 1. The molecule has 0 unspecified atom stereocenters. The number of benzene rings is 2. The number of amides is 1. The summed E-state index contributed by atoms with van der Waals surface area (Å²) in [4.78, 5) is 37.4. The first kappa shape index (κ1) is 35.1. The van der Waals surface area contributed by atoms with E-state index in [-0.39, 0.29) is 24.2 Å². The fraction of sp³-hybridized carbons (Fsp3) is 0.429. The minimum absolute atomic E-state index is 0.108. The SMILES string of the molecule is CN(c1nc(-c2ccc(F)cc2)c(C#N)s1)c1cn(COCC[Si](C)(C)C)c(=O)c2ccc(N3CCN(C(=O)OC(C)(C)C)CC3)cc12. The number of nitrogens with zero attached hydrogens (tertiary/aromatic N) is 6. The average Bonchev–Trinajstić information content (AvgIpc) is 3.47. The Kier molecular flexibility index (Phi) is 10.3. The second-order valence-electron chi connectivity index (χ2n) is 14.2. The van der Waals surface area contributed by atoms with Crippen LogP contribution in [-0.4, -0.2) is 74.1 Å². The Morgan fingerprint density at radius 2 is 1.77 bits per heavy atom. The number of pyridine rings is 1. The van der Waals surface area contributed by atoms with Gasteiger partial charge in [0.15, 0.2) is 5.13 Å². The van der Waals surface area contributed by atoms with Crippen molar-refractivity contribution >= 4 is 52.8 Å². The van der Waals surface area contributed by atoms with Gasteiger partial charge in [-0.3, -0.25) is 9.36 Å². The molecule has 2 aromatic carbocycles. The number of aromatic nitrogens is 2. The molecule has 13 heteroatoms. The molecular formula is C35H43FN6O4SSi. The molecule has 0 aliphatic carbocycles. The number of fused-ring (bicyclic) bond motifs is 1. The van der Waals surface area contributed by atoms with Crippen LogP contribution >= 0.6 is 11.3 Å². The fourth-order valence-electron chi connectivity index (χ4n) is 5.37. The van der Waals surface area contributed by atoms with Crippen molar-refractivity contribution in [2.45, 2.75) is 58.8 Å². The van der Waals surface area contributed by atoms with Gasteiger partial charge in [0.1, 0.15) is 34.8 Å². The summed E-state index contributed by atoms with van der Waals surface area (Å²) in [6, 6.07) is 14.9. The maximum Gasteiger partial charge on any atom is 0.410 e. The van der Waals surface area contributed by atoms with Crippen molar-refractivity contribution in [3.8, 4) is 17.3 Å². The fourth-order valence-corrected chi connectivity index (χ4v) is 6.99. The molecule has 254 valence electrons. The molecule has 0 spiro atoms. The first-order valence-electron chi connectivity index (χ1n) is 16.0. The maximum atomic E-state index is 13.8. The third-order valence-corrected chi connectivity index (χ3v) is 10.8. The first-order chi connectivity index (χ1) is 22.6. The number of piperazine rings is 1. The minimum Gasteiger partial charge on any atom is -0.444 e. The quantitative estimate of drug-likeness (QED) is 0.133. The van der Waals surface area contributed by atoms with E-state index in [0.29, 0.717) is 59.4 Å². The second kappa shape index (κ2) is 14.1. The van der Waals surface area contributed by atoms with Gasteiger partial charge in [-0.1, -0.05) is 31.0 Å². The van der Waals surface area contributed by atoms with Crippen molar-refractivity contribution in [1.82, 2.24) is 14.5 Å². The van der Waals surface area contributed by atoms with E-state index in [9.17, 15) is 19.2 Å². The van der Waals surface area contributed by atoms with E-state index in [1.54, 1.807) is 27.8 Å². The van der Waals surface area contributed by atoms with Crippen molar-refractivity contribution in [2.24, 2.45) is 0 Å². The summed E-state index contributed by atoms with van der Waals surface area (Å²) < 4.78 is 26.8. The molecule has 1 aliphatic heterocycles. The number of nitriles is 1. The Morgan fingerprint density at radius 1 is 1.08 bits per heavy atom. The summed E-state index contributed by atoms with van der Waals surface area (Å²) in [5, 5.41) is 11.8. The molecule has 0 saturated carbocycles. The molecule has 48 heavy (non-hydrogen) atoms. The molecule has 1 fully saturated rings. The van der Waals surface area contributed by atoms with Crippen LogP contribution in [0.5, 0.6) is 0 Å². The molecule has 4 aromatic rings. The largest absolute Gasteiger partial charge is 0.444 e. The van der Waals surface area contributed by atoms with Crippen LogP contribution in [0.1, 0.15) is 25.6 Å². The molecule has 1 saturated heterocycles. The molecule has 2 aromatic heterocycles. The van der Waals surface area contributed by atoms with Gasteiger partial charge in [0, 0.05) is 76.1 Å². The van der Waals surface area contributed by atoms with Crippen LogP contribution in [0.15, 0.2) is 53.5 Å². The van der Waals surface area contributed by atoms with Crippen molar-refractivity contribution in [1.29, 1.82) is 5.26 Å². The molecular weight excluding hydrogens is 648 g/mol. The van der Waals surface area contributed by atoms with Gasteiger partial charge in [0.05, 0.1) is 5.69 Å². The highest BCUT2D eigenvalue weighted by molar-refractivity contribution is 7.16. The lowest BCUT2D eigenvalue weighted by atomic mass is 10.1. The Labute approximate surface area is 285 Å². The molecule has 5 rings (SSSR count). The van der Waals surface area contributed by atoms with Gasteiger partial charge in [-0.2, -0.15) is 5.26 Å². The topological polar surface area (TPSA) is 104 Å². The zero-order chi connectivity index (χ0) is 34.8. The zero-order valence-corrected chi connectivity index (χ0v) is 30.5. The molecule has 10 nitrogen and oxygen atoms in total. The van der Waals surface area contributed by atoms with E-state index in [1.807, 2.05) is 50.9 Å². The summed E-state index contributed by atoms with van der Waals surface area (Å²) in [6.45, 7) is 15.3. The molecule has 1 aliphatic rings. The summed E-state index contributed by atoms with van der Waals surface area (Å²) in [5.41, 5.74) is 2.03. The van der Waals surface area contributed by atoms with Gasteiger partial charge >= 0.3 is 6.09 Å². The molecule has 1 amide bonds. The van der Waals surface area contributed by atoms with Gasteiger partial charge in [-0.25, -0.2) is 14.2 Å². The zero-order valence-electron chi connectivity index (χ0n) is 28.7. The van der Waals surface area contributed by atoms with Gasteiger partial charge in [-0.15, -0.1) is 0 Å². The summed E-state index contributed by atoms with van der Waals surface area (Å²) >= 11 is 1.23. The molecule has 0 radical (unpaired) electrons. The van der Waals surface area contributed by atoms with Gasteiger partial charge < -0.3 is 24.2 Å². The van der Waals surface area contributed by atoms with Crippen molar-refractivity contribution in [2.75, 3.05) is 49.6 Å².